The van der Waals surface area contributed by atoms with Crippen LogP contribution in [0, 0.1) is 0 Å². The molecule has 2 amide bonds. The third-order valence-corrected chi connectivity index (χ3v) is 4.83. The Labute approximate surface area is 174 Å². The van der Waals surface area contributed by atoms with E-state index in [-0.39, 0.29) is 18.8 Å². The van der Waals surface area contributed by atoms with E-state index in [1.54, 1.807) is 60.5 Å². The van der Waals surface area contributed by atoms with Gasteiger partial charge in [-0.25, -0.2) is 4.90 Å². The average molecular weight is 415 g/mol. The van der Waals surface area contributed by atoms with Crippen LogP contribution >= 0.6 is 11.6 Å². The number of hydrogen-bond acceptors (Lipinski definition) is 5. The largest absolute Gasteiger partial charge is 0.494 e. The second-order valence-corrected chi connectivity index (χ2v) is 7.10. The molecule has 2 aromatic rings. The highest BCUT2D eigenvalue weighted by Gasteiger charge is 2.41. The van der Waals surface area contributed by atoms with Gasteiger partial charge in [-0.05, 0) is 48.4 Å². The second-order valence-electron chi connectivity index (χ2n) is 6.66. The molecule has 1 heterocycles. The highest BCUT2D eigenvalue weighted by atomic mass is 35.5. The van der Waals surface area contributed by atoms with Crippen molar-refractivity contribution in [2.75, 3.05) is 31.7 Å². The summed E-state index contributed by atoms with van der Waals surface area (Å²) >= 11 is 5.94. The zero-order valence-corrected chi connectivity index (χ0v) is 17.1. The molecular weight excluding hydrogens is 392 g/mol. The van der Waals surface area contributed by atoms with Gasteiger partial charge < -0.3 is 14.7 Å². The van der Waals surface area contributed by atoms with Gasteiger partial charge in [-0.15, -0.1) is 0 Å². The van der Waals surface area contributed by atoms with Gasteiger partial charge in [0, 0.05) is 18.6 Å². The lowest BCUT2D eigenvalue weighted by atomic mass is 10.0. The van der Waals surface area contributed by atoms with Crippen molar-refractivity contribution in [3.8, 4) is 5.75 Å². The van der Waals surface area contributed by atoms with Crippen LogP contribution in [0.4, 0.5) is 5.69 Å². The Hall–Kier alpha value is -2.83. The van der Waals surface area contributed by atoms with Crippen molar-refractivity contribution < 1.29 is 19.4 Å². The normalized spacial score (nSPS) is 14.0. The molecule has 3 rings (SSSR count). The van der Waals surface area contributed by atoms with Gasteiger partial charge in [-0.3, -0.25) is 9.59 Å². The third kappa shape index (κ3) is 4.28. The lowest BCUT2D eigenvalue weighted by Gasteiger charge is -2.20. The number of carbonyl (C=O) groups is 2. The van der Waals surface area contributed by atoms with Crippen molar-refractivity contribution in [1.82, 2.24) is 4.90 Å². The van der Waals surface area contributed by atoms with Crippen molar-refractivity contribution in [3.63, 3.8) is 0 Å². The number of hydrogen-bond donors (Lipinski definition) is 1. The van der Waals surface area contributed by atoms with Crippen LogP contribution < -0.4 is 9.64 Å². The molecule has 0 saturated heterocycles. The molecule has 1 aliphatic rings. The molecule has 0 aliphatic carbocycles. The van der Waals surface area contributed by atoms with Crippen LogP contribution in [0.15, 0.2) is 54.2 Å². The summed E-state index contributed by atoms with van der Waals surface area (Å²) in [5, 5.41) is 9.85. The van der Waals surface area contributed by atoms with Crippen molar-refractivity contribution in [1.29, 1.82) is 0 Å². The molecule has 1 N–H and O–H groups in total. The Morgan fingerprint density at radius 1 is 1.03 bits per heavy atom. The Morgan fingerprint density at radius 3 is 2.28 bits per heavy atom. The third-order valence-electron chi connectivity index (χ3n) is 4.58. The highest BCUT2D eigenvalue weighted by molar-refractivity contribution is 6.45. The first-order valence-corrected chi connectivity index (χ1v) is 9.79. The molecule has 7 heteroatoms. The van der Waals surface area contributed by atoms with E-state index in [1.165, 1.54) is 0 Å². The Balaban J connectivity index is 2.02. The summed E-state index contributed by atoms with van der Waals surface area (Å²) in [4.78, 5) is 29.2. The van der Waals surface area contributed by atoms with Crippen molar-refractivity contribution >= 4 is 34.7 Å². The van der Waals surface area contributed by atoms with E-state index in [1.807, 2.05) is 6.92 Å². The zero-order chi connectivity index (χ0) is 21.0. The van der Waals surface area contributed by atoms with Gasteiger partial charge >= 0.3 is 0 Å². The van der Waals surface area contributed by atoms with E-state index in [9.17, 15) is 14.7 Å². The minimum absolute atomic E-state index is 0.139. The Kier molecular flexibility index (Phi) is 6.56. The fourth-order valence-corrected chi connectivity index (χ4v) is 3.28. The van der Waals surface area contributed by atoms with Crippen LogP contribution in [0.1, 0.15) is 18.9 Å². The van der Waals surface area contributed by atoms with Crippen molar-refractivity contribution in [2.24, 2.45) is 0 Å². The summed E-state index contributed by atoms with van der Waals surface area (Å²) in [6.07, 6.45) is 0.895. The summed E-state index contributed by atoms with van der Waals surface area (Å²) in [7, 11) is 1.68. The fraction of sp³-hybridized carbons (Fsp3) is 0.273. The van der Waals surface area contributed by atoms with Gasteiger partial charge in [-0.2, -0.15) is 0 Å². The molecule has 0 fully saturated rings. The average Bonchev–Trinajstić information content (AvgIpc) is 2.98. The molecular formula is C22H23ClN2O4. The SMILES string of the molecule is CCCOc1ccc(C2=C(N(C)CCO)C(=O)N(c3ccc(Cl)cc3)C2=O)cc1. The number of nitrogens with zero attached hydrogens (tertiary/aromatic N) is 2. The molecule has 2 aromatic carbocycles. The van der Waals surface area contributed by atoms with Gasteiger partial charge in [0.2, 0.25) is 0 Å². The predicted octanol–water partition coefficient (Wildman–Crippen LogP) is 3.34. The van der Waals surface area contributed by atoms with Crippen LogP contribution in [0.2, 0.25) is 5.02 Å². The number of anilines is 1. The van der Waals surface area contributed by atoms with E-state index < -0.39 is 11.8 Å². The minimum Gasteiger partial charge on any atom is -0.494 e. The molecule has 152 valence electrons. The molecule has 0 atom stereocenters. The van der Waals surface area contributed by atoms with E-state index in [0.29, 0.717) is 34.2 Å². The van der Waals surface area contributed by atoms with E-state index in [0.717, 1.165) is 11.3 Å². The first-order valence-electron chi connectivity index (χ1n) is 9.41. The maximum Gasteiger partial charge on any atom is 0.282 e. The molecule has 1 aliphatic heterocycles. The summed E-state index contributed by atoms with van der Waals surface area (Å²) in [5.74, 6) is -0.151. The molecule has 6 nitrogen and oxygen atoms in total. The maximum absolute atomic E-state index is 13.3. The lowest BCUT2D eigenvalue weighted by molar-refractivity contribution is -0.120. The number of halogens is 1. The summed E-state index contributed by atoms with van der Waals surface area (Å²) in [6, 6.07) is 13.6. The van der Waals surface area contributed by atoms with Crippen LogP contribution in [0.25, 0.3) is 5.57 Å². The van der Waals surface area contributed by atoms with Gasteiger partial charge in [0.05, 0.1) is 24.5 Å². The molecule has 0 spiro atoms. The number of aliphatic hydroxyl groups excluding tert-OH is 1. The van der Waals surface area contributed by atoms with E-state index >= 15 is 0 Å². The maximum atomic E-state index is 13.3. The topological polar surface area (TPSA) is 70.1 Å². The van der Waals surface area contributed by atoms with Crippen molar-refractivity contribution in [3.05, 3.63) is 64.8 Å². The zero-order valence-electron chi connectivity index (χ0n) is 16.4. The van der Waals surface area contributed by atoms with Crippen LogP contribution in [0.3, 0.4) is 0 Å². The Morgan fingerprint density at radius 2 is 1.69 bits per heavy atom. The minimum atomic E-state index is -0.436. The first-order chi connectivity index (χ1) is 14.0. The van der Waals surface area contributed by atoms with Gasteiger partial charge in [0.25, 0.3) is 11.8 Å². The predicted molar refractivity (Wildman–Crippen MR) is 113 cm³/mol. The molecule has 0 unspecified atom stereocenters. The van der Waals surface area contributed by atoms with Crippen molar-refractivity contribution in [2.45, 2.75) is 13.3 Å². The van der Waals surface area contributed by atoms with Gasteiger partial charge in [-0.1, -0.05) is 30.7 Å². The molecule has 29 heavy (non-hydrogen) atoms. The number of rotatable bonds is 8. The van der Waals surface area contributed by atoms with Crippen LogP contribution in [-0.2, 0) is 9.59 Å². The van der Waals surface area contributed by atoms with E-state index in [4.69, 9.17) is 16.3 Å². The van der Waals surface area contributed by atoms with E-state index in [2.05, 4.69) is 0 Å². The number of amides is 2. The number of ether oxygens (including phenoxy) is 1. The number of benzene rings is 2. The molecule has 0 bridgehead atoms. The second kappa shape index (κ2) is 9.11. The summed E-state index contributed by atoms with van der Waals surface area (Å²) in [6.45, 7) is 2.72. The first kappa shape index (κ1) is 20.9. The summed E-state index contributed by atoms with van der Waals surface area (Å²) < 4.78 is 5.60. The van der Waals surface area contributed by atoms with Crippen LogP contribution in [-0.4, -0.2) is 48.6 Å². The molecule has 0 saturated carbocycles. The number of aliphatic hydroxyl groups is 1. The van der Waals surface area contributed by atoms with Gasteiger partial charge in [0.1, 0.15) is 11.4 Å². The van der Waals surface area contributed by atoms with Crippen LogP contribution in [0.5, 0.6) is 5.75 Å². The number of imide groups is 1. The quantitative estimate of drug-likeness (QED) is 0.671. The summed E-state index contributed by atoms with van der Waals surface area (Å²) in [5.41, 5.74) is 1.60. The molecule has 0 radical (unpaired) electrons. The monoisotopic (exact) mass is 414 g/mol. The number of likely N-dealkylation sites (N-methyl/N-ethyl adjacent to an activating group) is 1. The highest BCUT2D eigenvalue weighted by Crippen LogP contribution is 2.35. The standard InChI is InChI=1S/C22H23ClN2O4/c1-3-14-29-18-10-4-15(5-11-18)19-20(24(2)12-13-26)22(28)25(21(19)27)17-8-6-16(23)7-9-17/h4-11,26H,3,12-14H2,1-2H3. The Bertz CT molecular complexity index is 923. The van der Waals surface area contributed by atoms with Gasteiger partial charge in [0.15, 0.2) is 0 Å². The lowest BCUT2D eigenvalue weighted by Crippen LogP contribution is -2.34. The molecule has 0 aromatic heterocycles. The smallest absolute Gasteiger partial charge is 0.282 e. The number of carbonyl (C=O) groups excluding carboxylic acids is 2. The fourth-order valence-electron chi connectivity index (χ4n) is 3.16.